The highest BCUT2D eigenvalue weighted by atomic mass is 19.4. The molecule has 1 saturated carbocycles. The van der Waals surface area contributed by atoms with Gasteiger partial charge in [0.15, 0.2) is 0 Å². The van der Waals surface area contributed by atoms with Gasteiger partial charge in [-0.1, -0.05) is 12.8 Å². The fourth-order valence-corrected chi connectivity index (χ4v) is 3.02. The normalized spacial score (nSPS) is 15.6. The molecule has 1 aromatic heterocycles. The third kappa shape index (κ3) is 3.74. The summed E-state index contributed by atoms with van der Waals surface area (Å²) in [5.74, 6) is 0.0354. The van der Waals surface area contributed by atoms with Crippen molar-refractivity contribution in [3.63, 3.8) is 0 Å². The predicted octanol–water partition coefficient (Wildman–Crippen LogP) is 3.80. The monoisotopic (exact) mass is 338 g/mol. The van der Waals surface area contributed by atoms with E-state index in [1.807, 2.05) is 0 Å². The lowest BCUT2D eigenvalue weighted by atomic mass is 10.0. The predicted molar refractivity (Wildman–Crippen MR) is 81.6 cm³/mol. The molecule has 1 N–H and O–H groups in total. The molecule has 24 heavy (non-hydrogen) atoms. The van der Waals surface area contributed by atoms with Gasteiger partial charge in [-0.2, -0.15) is 18.3 Å². The largest absolute Gasteiger partial charge is 0.416 e. The summed E-state index contributed by atoms with van der Waals surface area (Å²) in [4.78, 5) is 16.0. The van der Waals surface area contributed by atoms with Gasteiger partial charge in [-0.25, -0.2) is 9.67 Å². The summed E-state index contributed by atoms with van der Waals surface area (Å²) in [6, 6.07) is 3.18. The van der Waals surface area contributed by atoms with Gasteiger partial charge in [0.05, 0.1) is 16.9 Å². The Hall–Kier alpha value is -2.38. The van der Waals surface area contributed by atoms with E-state index in [9.17, 15) is 18.0 Å². The molecular formula is C16H17F3N4O. The molecule has 3 rings (SSSR count). The molecule has 0 saturated heterocycles. The van der Waals surface area contributed by atoms with Crippen LogP contribution in [0, 0.1) is 5.92 Å². The molecule has 1 aromatic carbocycles. The number of nitrogens with one attached hydrogen (secondary N) is 1. The average Bonchev–Trinajstić information content (AvgIpc) is 3.19. The van der Waals surface area contributed by atoms with Gasteiger partial charge in [-0.05, 0) is 37.0 Å². The van der Waals surface area contributed by atoms with Crippen molar-refractivity contribution in [3.05, 3.63) is 36.4 Å². The van der Waals surface area contributed by atoms with E-state index in [1.165, 1.54) is 23.4 Å². The van der Waals surface area contributed by atoms with Crippen molar-refractivity contribution < 1.29 is 18.0 Å². The molecule has 0 aliphatic heterocycles. The first-order chi connectivity index (χ1) is 11.4. The zero-order valence-electron chi connectivity index (χ0n) is 12.9. The topological polar surface area (TPSA) is 59.8 Å². The lowest BCUT2D eigenvalue weighted by molar-refractivity contribution is -0.137. The van der Waals surface area contributed by atoms with E-state index in [-0.39, 0.29) is 11.6 Å². The highest BCUT2D eigenvalue weighted by Gasteiger charge is 2.31. The summed E-state index contributed by atoms with van der Waals surface area (Å²) < 4.78 is 40.2. The summed E-state index contributed by atoms with van der Waals surface area (Å²) in [6.07, 6.45) is 2.69. The maximum Gasteiger partial charge on any atom is 0.416 e. The van der Waals surface area contributed by atoms with Gasteiger partial charge in [-0.3, -0.25) is 4.79 Å². The van der Waals surface area contributed by atoms with E-state index in [2.05, 4.69) is 15.4 Å². The number of anilines is 1. The van der Waals surface area contributed by atoms with Crippen molar-refractivity contribution in [2.75, 3.05) is 5.32 Å². The van der Waals surface area contributed by atoms with Crippen LogP contribution < -0.4 is 5.32 Å². The molecule has 0 radical (unpaired) electrons. The van der Waals surface area contributed by atoms with Gasteiger partial charge in [0, 0.05) is 6.42 Å². The molecule has 0 unspecified atom stereocenters. The van der Waals surface area contributed by atoms with Crippen LogP contribution in [-0.4, -0.2) is 20.7 Å². The minimum absolute atomic E-state index is 0.0818. The van der Waals surface area contributed by atoms with Crippen LogP contribution in [0.15, 0.2) is 30.9 Å². The first-order valence-corrected chi connectivity index (χ1v) is 7.79. The van der Waals surface area contributed by atoms with E-state index in [0.29, 0.717) is 18.0 Å². The zero-order chi connectivity index (χ0) is 17.2. The summed E-state index contributed by atoms with van der Waals surface area (Å²) in [7, 11) is 0. The van der Waals surface area contributed by atoms with Crippen LogP contribution in [0.1, 0.15) is 37.7 Å². The number of aromatic nitrogens is 3. The van der Waals surface area contributed by atoms with Gasteiger partial charge in [0.25, 0.3) is 0 Å². The number of carbonyl (C=O) groups is 1. The first-order valence-electron chi connectivity index (χ1n) is 7.79. The number of hydrogen-bond donors (Lipinski definition) is 1. The van der Waals surface area contributed by atoms with Crippen LogP contribution in [0.25, 0.3) is 5.69 Å². The number of amides is 1. The number of hydrogen-bond acceptors (Lipinski definition) is 3. The minimum atomic E-state index is -4.48. The number of benzene rings is 1. The first kappa shape index (κ1) is 16.5. The van der Waals surface area contributed by atoms with Crippen LogP contribution in [0.4, 0.5) is 18.9 Å². The summed E-state index contributed by atoms with van der Waals surface area (Å²) in [6.45, 7) is 0. The lowest BCUT2D eigenvalue weighted by Crippen LogP contribution is -2.17. The van der Waals surface area contributed by atoms with Crippen LogP contribution in [0.2, 0.25) is 0 Å². The molecule has 1 amide bonds. The summed E-state index contributed by atoms with van der Waals surface area (Å²) in [5.41, 5.74) is -0.388. The summed E-state index contributed by atoms with van der Waals surface area (Å²) in [5, 5.41) is 6.53. The van der Waals surface area contributed by atoms with E-state index in [0.717, 1.165) is 37.8 Å². The van der Waals surface area contributed by atoms with Crippen LogP contribution >= 0.6 is 0 Å². The van der Waals surface area contributed by atoms with E-state index in [4.69, 9.17) is 0 Å². The molecule has 1 heterocycles. The van der Waals surface area contributed by atoms with Crippen molar-refractivity contribution in [2.45, 2.75) is 38.3 Å². The second kappa shape index (κ2) is 6.62. The third-order valence-electron chi connectivity index (χ3n) is 4.21. The highest BCUT2D eigenvalue weighted by molar-refractivity contribution is 5.93. The van der Waals surface area contributed by atoms with Crippen molar-refractivity contribution in [1.82, 2.24) is 14.8 Å². The molecule has 128 valence electrons. The molecule has 1 aliphatic carbocycles. The van der Waals surface area contributed by atoms with E-state index < -0.39 is 11.7 Å². The fraction of sp³-hybridized carbons (Fsp3) is 0.438. The number of nitrogens with zero attached hydrogens (tertiary/aromatic N) is 3. The van der Waals surface area contributed by atoms with Crippen molar-refractivity contribution in [3.8, 4) is 5.69 Å². The molecule has 1 fully saturated rings. The van der Waals surface area contributed by atoms with Crippen molar-refractivity contribution in [1.29, 1.82) is 0 Å². The van der Waals surface area contributed by atoms with Gasteiger partial charge in [0.1, 0.15) is 12.7 Å². The van der Waals surface area contributed by atoms with Crippen molar-refractivity contribution in [2.24, 2.45) is 5.92 Å². The number of alkyl halides is 3. The number of halogens is 3. The molecule has 0 atom stereocenters. The molecule has 0 bridgehead atoms. The lowest BCUT2D eigenvalue weighted by Gasteiger charge is -2.15. The van der Waals surface area contributed by atoms with E-state index in [1.54, 1.807) is 0 Å². The molecular weight excluding hydrogens is 321 g/mol. The SMILES string of the molecule is O=C(CC1CCCC1)Nc1cc(C(F)(F)F)ccc1-n1cncn1. The standard InChI is InChI=1S/C16H17F3N4O/c17-16(18,19)12-5-6-14(23-10-20-9-21-23)13(8-12)22-15(24)7-11-3-1-2-4-11/h5-6,8-11H,1-4,7H2,(H,22,24). The second-order valence-electron chi connectivity index (χ2n) is 5.97. The average molecular weight is 338 g/mol. The number of rotatable bonds is 4. The Morgan fingerprint density at radius 3 is 2.67 bits per heavy atom. The van der Waals surface area contributed by atoms with Crippen LogP contribution in [-0.2, 0) is 11.0 Å². The van der Waals surface area contributed by atoms with Crippen LogP contribution in [0.5, 0.6) is 0 Å². The van der Waals surface area contributed by atoms with E-state index >= 15 is 0 Å². The number of carbonyl (C=O) groups excluding carboxylic acids is 1. The van der Waals surface area contributed by atoms with Crippen molar-refractivity contribution >= 4 is 11.6 Å². The quantitative estimate of drug-likeness (QED) is 0.922. The maximum absolute atomic E-state index is 13.0. The maximum atomic E-state index is 13.0. The Balaban J connectivity index is 1.86. The summed E-state index contributed by atoms with van der Waals surface area (Å²) >= 11 is 0. The molecule has 2 aromatic rings. The van der Waals surface area contributed by atoms with Gasteiger partial charge >= 0.3 is 6.18 Å². The second-order valence-corrected chi connectivity index (χ2v) is 5.97. The highest BCUT2D eigenvalue weighted by Crippen LogP contribution is 2.34. The molecule has 1 aliphatic rings. The van der Waals surface area contributed by atoms with Crippen LogP contribution in [0.3, 0.4) is 0 Å². The molecule has 0 spiro atoms. The van der Waals surface area contributed by atoms with Gasteiger partial charge in [0.2, 0.25) is 5.91 Å². The third-order valence-corrected chi connectivity index (χ3v) is 4.21. The Kier molecular flexibility index (Phi) is 4.55. The Morgan fingerprint density at radius 1 is 1.29 bits per heavy atom. The smallest absolute Gasteiger partial charge is 0.324 e. The molecule has 8 heteroatoms. The Labute approximate surface area is 136 Å². The van der Waals surface area contributed by atoms with Gasteiger partial charge < -0.3 is 5.32 Å². The Morgan fingerprint density at radius 2 is 2.04 bits per heavy atom. The zero-order valence-corrected chi connectivity index (χ0v) is 12.9. The van der Waals surface area contributed by atoms with Gasteiger partial charge in [-0.15, -0.1) is 0 Å². The minimum Gasteiger partial charge on any atom is -0.324 e. The Bertz CT molecular complexity index is 707. The molecule has 5 nitrogen and oxygen atoms in total. The fourth-order valence-electron chi connectivity index (χ4n) is 3.02.